The Hall–Kier alpha value is -1.39. The molecule has 3 nitrogen and oxygen atoms in total. The first-order valence-corrected chi connectivity index (χ1v) is 7.61. The van der Waals surface area contributed by atoms with Crippen molar-refractivity contribution in [1.82, 2.24) is 4.98 Å². The van der Waals surface area contributed by atoms with Crippen molar-refractivity contribution >= 4 is 21.6 Å². The number of hydrogen-bond acceptors (Lipinski definition) is 3. The molecule has 0 saturated heterocycles. The van der Waals surface area contributed by atoms with Crippen LogP contribution >= 0.6 is 15.9 Å². The van der Waals surface area contributed by atoms with E-state index in [4.69, 9.17) is 5.73 Å². The Morgan fingerprint density at radius 2 is 2.10 bits per heavy atom. The molecule has 1 aromatic carbocycles. The lowest BCUT2D eigenvalue weighted by Crippen LogP contribution is -2.23. The number of anilines is 1. The minimum atomic E-state index is 0.0474. The summed E-state index contributed by atoms with van der Waals surface area (Å²) in [6.07, 6.45) is 1.83. The average molecular weight is 334 g/mol. The van der Waals surface area contributed by atoms with Gasteiger partial charge in [-0.2, -0.15) is 0 Å². The molecule has 2 aromatic rings. The smallest absolute Gasteiger partial charge is 0.0602 e. The largest absolute Gasteiger partial charge is 0.365 e. The lowest BCUT2D eigenvalue weighted by molar-refractivity contribution is 0.798. The summed E-state index contributed by atoms with van der Waals surface area (Å²) in [6.45, 7) is 5.86. The molecule has 1 heterocycles. The fraction of sp³-hybridized carbons (Fsp3) is 0.312. The highest BCUT2D eigenvalue weighted by molar-refractivity contribution is 9.10. The molecule has 1 aromatic heterocycles. The monoisotopic (exact) mass is 333 g/mol. The molecule has 0 spiro atoms. The van der Waals surface area contributed by atoms with E-state index >= 15 is 0 Å². The maximum Gasteiger partial charge on any atom is 0.0602 e. The van der Waals surface area contributed by atoms with Crippen LogP contribution in [0.2, 0.25) is 0 Å². The molecular weight excluding hydrogens is 314 g/mol. The van der Waals surface area contributed by atoms with Crippen LogP contribution in [-0.4, -0.2) is 11.5 Å². The molecule has 4 heteroatoms. The fourth-order valence-electron chi connectivity index (χ4n) is 2.12. The normalized spacial score (nSPS) is 12.2. The predicted molar refractivity (Wildman–Crippen MR) is 87.7 cm³/mol. The van der Waals surface area contributed by atoms with Crippen molar-refractivity contribution in [2.24, 2.45) is 5.73 Å². The number of halogens is 1. The Balaban J connectivity index is 2.23. The molecular formula is C16H20BrN3. The number of benzene rings is 1. The Morgan fingerprint density at radius 1 is 1.30 bits per heavy atom. The molecule has 0 radical (unpaired) electrons. The van der Waals surface area contributed by atoms with E-state index in [9.17, 15) is 0 Å². The van der Waals surface area contributed by atoms with Crippen LogP contribution in [0.1, 0.15) is 31.1 Å². The standard InChI is InChI=1S/C16H20BrN3/c1-3-20(11-14-6-4-5-9-19-14)16-8-7-13(12(2)18)10-15(16)17/h4-10,12H,3,11,18H2,1-2H3/t12-/m0/s1. The Labute approximate surface area is 129 Å². The Bertz CT molecular complexity index is 555. The summed E-state index contributed by atoms with van der Waals surface area (Å²) < 4.78 is 1.07. The van der Waals surface area contributed by atoms with Crippen LogP contribution in [0.15, 0.2) is 47.1 Å². The van der Waals surface area contributed by atoms with E-state index < -0.39 is 0 Å². The molecule has 0 amide bonds. The van der Waals surface area contributed by atoms with Crippen molar-refractivity contribution in [3.05, 3.63) is 58.3 Å². The zero-order valence-electron chi connectivity index (χ0n) is 11.9. The lowest BCUT2D eigenvalue weighted by atomic mass is 10.1. The van der Waals surface area contributed by atoms with Gasteiger partial charge in [-0.25, -0.2) is 0 Å². The van der Waals surface area contributed by atoms with Crippen LogP contribution in [0.5, 0.6) is 0 Å². The van der Waals surface area contributed by atoms with E-state index in [0.717, 1.165) is 28.8 Å². The number of nitrogens with zero attached hydrogens (tertiary/aromatic N) is 2. The van der Waals surface area contributed by atoms with Crippen molar-refractivity contribution in [2.45, 2.75) is 26.4 Å². The third-order valence-electron chi connectivity index (χ3n) is 3.30. The van der Waals surface area contributed by atoms with Gasteiger partial charge in [0.1, 0.15) is 0 Å². The average Bonchev–Trinajstić information content (AvgIpc) is 2.46. The van der Waals surface area contributed by atoms with Crippen molar-refractivity contribution < 1.29 is 0 Å². The second-order valence-corrected chi connectivity index (χ2v) is 5.69. The number of nitrogens with two attached hydrogens (primary N) is 1. The summed E-state index contributed by atoms with van der Waals surface area (Å²) in [5, 5.41) is 0. The van der Waals surface area contributed by atoms with Crippen LogP contribution in [0, 0.1) is 0 Å². The van der Waals surface area contributed by atoms with E-state index in [2.05, 4.69) is 50.9 Å². The molecule has 2 rings (SSSR count). The lowest BCUT2D eigenvalue weighted by Gasteiger charge is -2.24. The van der Waals surface area contributed by atoms with E-state index in [-0.39, 0.29) is 6.04 Å². The predicted octanol–water partition coefficient (Wildman–Crippen LogP) is 3.89. The van der Waals surface area contributed by atoms with Gasteiger partial charge < -0.3 is 10.6 Å². The van der Waals surface area contributed by atoms with Crippen molar-refractivity contribution in [3.63, 3.8) is 0 Å². The molecule has 20 heavy (non-hydrogen) atoms. The fourth-order valence-corrected chi connectivity index (χ4v) is 2.76. The summed E-state index contributed by atoms with van der Waals surface area (Å²) >= 11 is 3.65. The molecule has 0 fully saturated rings. The van der Waals surface area contributed by atoms with Gasteiger partial charge in [0, 0.05) is 23.3 Å². The van der Waals surface area contributed by atoms with Crippen molar-refractivity contribution in [1.29, 1.82) is 0 Å². The SMILES string of the molecule is CCN(Cc1ccccn1)c1ccc([C@H](C)N)cc1Br. The van der Waals surface area contributed by atoms with Gasteiger partial charge >= 0.3 is 0 Å². The third kappa shape index (κ3) is 3.58. The topological polar surface area (TPSA) is 42.2 Å². The first-order chi connectivity index (χ1) is 9.61. The van der Waals surface area contributed by atoms with Crippen molar-refractivity contribution in [3.8, 4) is 0 Å². The minimum Gasteiger partial charge on any atom is -0.365 e. The summed E-state index contributed by atoms with van der Waals surface area (Å²) in [4.78, 5) is 6.68. The maximum absolute atomic E-state index is 5.92. The molecule has 0 saturated carbocycles. The highest BCUT2D eigenvalue weighted by Crippen LogP contribution is 2.29. The summed E-state index contributed by atoms with van der Waals surface area (Å²) in [5.41, 5.74) is 9.29. The zero-order valence-corrected chi connectivity index (χ0v) is 13.5. The quantitative estimate of drug-likeness (QED) is 0.902. The molecule has 0 bridgehead atoms. The second-order valence-electron chi connectivity index (χ2n) is 4.83. The van der Waals surface area contributed by atoms with Gasteiger partial charge in [0.2, 0.25) is 0 Å². The van der Waals surface area contributed by atoms with Gasteiger partial charge in [-0.15, -0.1) is 0 Å². The molecule has 0 aliphatic rings. The highest BCUT2D eigenvalue weighted by Gasteiger charge is 2.11. The van der Waals surface area contributed by atoms with Gasteiger partial charge in [0.05, 0.1) is 17.9 Å². The summed E-state index contributed by atoms with van der Waals surface area (Å²) in [6, 6.07) is 12.4. The van der Waals surface area contributed by atoms with E-state index in [1.165, 1.54) is 5.69 Å². The van der Waals surface area contributed by atoms with E-state index in [1.54, 1.807) is 0 Å². The van der Waals surface area contributed by atoms with Crippen LogP contribution in [0.25, 0.3) is 0 Å². The number of aromatic nitrogens is 1. The Morgan fingerprint density at radius 3 is 2.65 bits per heavy atom. The van der Waals surface area contributed by atoms with Gasteiger partial charge in [0.25, 0.3) is 0 Å². The molecule has 2 N–H and O–H groups in total. The molecule has 0 aliphatic heterocycles. The third-order valence-corrected chi connectivity index (χ3v) is 3.93. The van der Waals surface area contributed by atoms with Crippen LogP contribution in [0.3, 0.4) is 0 Å². The molecule has 106 valence electrons. The summed E-state index contributed by atoms with van der Waals surface area (Å²) in [7, 11) is 0. The van der Waals surface area contributed by atoms with E-state index in [1.807, 2.05) is 31.3 Å². The van der Waals surface area contributed by atoms with Crippen LogP contribution in [0.4, 0.5) is 5.69 Å². The zero-order chi connectivity index (χ0) is 14.5. The van der Waals surface area contributed by atoms with Gasteiger partial charge in [-0.3, -0.25) is 4.98 Å². The number of rotatable bonds is 5. The Kier molecular flexibility index (Phi) is 5.15. The van der Waals surface area contributed by atoms with Gasteiger partial charge in [-0.05, 0) is 59.6 Å². The molecule has 0 aliphatic carbocycles. The highest BCUT2D eigenvalue weighted by atomic mass is 79.9. The number of pyridine rings is 1. The van der Waals surface area contributed by atoms with E-state index in [0.29, 0.717) is 0 Å². The first kappa shape index (κ1) is 15.0. The second kappa shape index (κ2) is 6.86. The number of hydrogen-bond donors (Lipinski definition) is 1. The molecule has 0 unspecified atom stereocenters. The minimum absolute atomic E-state index is 0.0474. The van der Waals surface area contributed by atoms with Gasteiger partial charge in [0.15, 0.2) is 0 Å². The van der Waals surface area contributed by atoms with Gasteiger partial charge in [-0.1, -0.05) is 12.1 Å². The maximum atomic E-state index is 5.92. The van der Waals surface area contributed by atoms with Crippen LogP contribution < -0.4 is 10.6 Å². The van der Waals surface area contributed by atoms with Crippen LogP contribution in [-0.2, 0) is 6.54 Å². The first-order valence-electron chi connectivity index (χ1n) is 6.81. The summed E-state index contributed by atoms with van der Waals surface area (Å²) in [5.74, 6) is 0. The van der Waals surface area contributed by atoms with Crippen molar-refractivity contribution in [2.75, 3.05) is 11.4 Å². The molecule has 1 atom stereocenters.